The van der Waals surface area contributed by atoms with Crippen molar-refractivity contribution in [3.63, 3.8) is 0 Å². The van der Waals surface area contributed by atoms with E-state index in [4.69, 9.17) is 5.73 Å². The van der Waals surface area contributed by atoms with Crippen molar-refractivity contribution < 1.29 is 0 Å². The Bertz CT molecular complexity index is 325. The molecule has 1 fully saturated rings. The van der Waals surface area contributed by atoms with Crippen LogP contribution in [-0.2, 0) is 7.05 Å². The number of hydrogen-bond donors (Lipinski definition) is 1. The van der Waals surface area contributed by atoms with Crippen LogP contribution < -0.4 is 5.73 Å². The molecule has 0 saturated carbocycles. The fourth-order valence-electron chi connectivity index (χ4n) is 2.37. The average molecular weight is 208 g/mol. The van der Waals surface area contributed by atoms with Gasteiger partial charge in [-0.15, -0.1) is 0 Å². The van der Waals surface area contributed by atoms with Crippen LogP contribution in [0.5, 0.6) is 0 Å². The van der Waals surface area contributed by atoms with E-state index in [2.05, 4.69) is 16.9 Å². The molecule has 0 aromatic carbocycles. The molecule has 1 aliphatic heterocycles. The minimum atomic E-state index is 0.362. The Morgan fingerprint density at radius 2 is 2.13 bits per heavy atom. The predicted molar refractivity (Wildman–Crippen MR) is 60.5 cm³/mol. The minimum absolute atomic E-state index is 0.362. The van der Waals surface area contributed by atoms with Gasteiger partial charge in [-0.1, -0.05) is 0 Å². The first-order valence-electron chi connectivity index (χ1n) is 5.66. The smallest absolute Gasteiger partial charge is 0.0540 e. The zero-order valence-electron chi connectivity index (χ0n) is 9.61. The number of hydrogen-bond acceptors (Lipinski definition) is 3. The number of nitrogens with two attached hydrogens (primary N) is 1. The summed E-state index contributed by atoms with van der Waals surface area (Å²) in [4.78, 5) is 2.48. The molecule has 1 aliphatic rings. The summed E-state index contributed by atoms with van der Waals surface area (Å²) in [6.45, 7) is 5.15. The lowest BCUT2D eigenvalue weighted by atomic mass is 10.1. The second kappa shape index (κ2) is 4.33. The van der Waals surface area contributed by atoms with E-state index in [-0.39, 0.29) is 0 Å². The number of likely N-dealkylation sites (tertiary alicyclic amines) is 1. The summed E-state index contributed by atoms with van der Waals surface area (Å²) in [7, 11) is 1.98. The van der Waals surface area contributed by atoms with Gasteiger partial charge in [0.2, 0.25) is 0 Å². The van der Waals surface area contributed by atoms with E-state index in [0.717, 1.165) is 0 Å². The molecule has 1 atom stereocenters. The zero-order chi connectivity index (χ0) is 10.8. The minimum Gasteiger partial charge on any atom is -0.329 e. The summed E-state index contributed by atoms with van der Waals surface area (Å²) >= 11 is 0. The molecule has 0 spiro atoms. The highest BCUT2D eigenvalue weighted by atomic mass is 15.3. The molecule has 1 aromatic rings. The van der Waals surface area contributed by atoms with Crippen molar-refractivity contribution in [3.05, 3.63) is 17.5 Å². The lowest BCUT2D eigenvalue weighted by Gasteiger charge is -2.26. The van der Waals surface area contributed by atoms with E-state index in [9.17, 15) is 0 Å². The van der Waals surface area contributed by atoms with Crippen molar-refractivity contribution in [2.24, 2.45) is 12.8 Å². The van der Waals surface area contributed by atoms with Crippen LogP contribution in [0, 0.1) is 6.92 Å². The lowest BCUT2D eigenvalue weighted by Crippen LogP contribution is -2.31. The molecule has 2 rings (SSSR count). The van der Waals surface area contributed by atoms with E-state index in [1.54, 1.807) is 0 Å². The third-order valence-electron chi connectivity index (χ3n) is 3.44. The first-order valence-corrected chi connectivity index (χ1v) is 5.66. The van der Waals surface area contributed by atoms with Crippen molar-refractivity contribution in [1.29, 1.82) is 0 Å². The normalized spacial score (nSPS) is 19.7. The van der Waals surface area contributed by atoms with Gasteiger partial charge in [0, 0.05) is 24.8 Å². The molecular formula is C11H20N4. The third kappa shape index (κ3) is 1.92. The van der Waals surface area contributed by atoms with Crippen LogP contribution in [0.2, 0.25) is 0 Å². The van der Waals surface area contributed by atoms with Crippen LogP contribution in [0.3, 0.4) is 0 Å². The first kappa shape index (κ1) is 10.6. The van der Waals surface area contributed by atoms with Crippen molar-refractivity contribution >= 4 is 0 Å². The van der Waals surface area contributed by atoms with Crippen LogP contribution in [-0.4, -0.2) is 34.3 Å². The molecule has 1 unspecified atom stereocenters. The Labute approximate surface area is 91.1 Å². The lowest BCUT2D eigenvalue weighted by molar-refractivity contribution is 0.250. The zero-order valence-corrected chi connectivity index (χ0v) is 9.61. The monoisotopic (exact) mass is 208 g/mol. The fourth-order valence-corrected chi connectivity index (χ4v) is 2.37. The molecule has 2 heterocycles. The maximum absolute atomic E-state index is 5.88. The molecule has 1 saturated heterocycles. The summed E-state index contributed by atoms with van der Waals surface area (Å²) in [5.74, 6) is 0. The van der Waals surface area contributed by atoms with E-state index >= 15 is 0 Å². The van der Waals surface area contributed by atoms with Gasteiger partial charge >= 0.3 is 0 Å². The molecule has 0 radical (unpaired) electrons. The molecule has 0 aliphatic carbocycles. The maximum Gasteiger partial charge on any atom is 0.0540 e. The SMILES string of the molecule is Cc1c(C(CN)N2CCCC2)cnn1C. The highest BCUT2D eigenvalue weighted by Crippen LogP contribution is 2.25. The largest absolute Gasteiger partial charge is 0.329 e. The molecule has 0 bridgehead atoms. The van der Waals surface area contributed by atoms with Crippen molar-refractivity contribution in [2.75, 3.05) is 19.6 Å². The fraction of sp³-hybridized carbons (Fsp3) is 0.727. The summed E-state index contributed by atoms with van der Waals surface area (Å²) < 4.78 is 1.92. The molecule has 1 aromatic heterocycles. The van der Waals surface area contributed by atoms with Gasteiger partial charge in [-0.3, -0.25) is 9.58 Å². The molecule has 0 amide bonds. The van der Waals surface area contributed by atoms with Gasteiger partial charge in [0.05, 0.1) is 12.2 Å². The Morgan fingerprint density at radius 3 is 2.60 bits per heavy atom. The van der Waals surface area contributed by atoms with Crippen LogP contribution >= 0.6 is 0 Å². The highest BCUT2D eigenvalue weighted by molar-refractivity contribution is 5.21. The van der Waals surface area contributed by atoms with Crippen molar-refractivity contribution in [3.8, 4) is 0 Å². The van der Waals surface area contributed by atoms with Gasteiger partial charge in [-0.2, -0.15) is 5.10 Å². The number of aromatic nitrogens is 2. The van der Waals surface area contributed by atoms with Gasteiger partial charge in [0.1, 0.15) is 0 Å². The molecular weight excluding hydrogens is 188 g/mol. The van der Waals surface area contributed by atoms with Gasteiger partial charge in [-0.25, -0.2) is 0 Å². The number of nitrogens with zero attached hydrogens (tertiary/aromatic N) is 3. The summed E-state index contributed by atoms with van der Waals surface area (Å²) in [6, 6.07) is 0.362. The average Bonchev–Trinajstić information content (AvgIpc) is 2.84. The quantitative estimate of drug-likeness (QED) is 0.800. The Kier molecular flexibility index (Phi) is 3.07. The Morgan fingerprint density at radius 1 is 1.47 bits per heavy atom. The summed E-state index contributed by atoms with van der Waals surface area (Å²) in [5, 5.41) is 4.29. The van der Waals surface area contributed by atoms with E-state index in [0.29, 0.717) is 12.6 Å². The standard InChI is InChI=1S/C11H20N4/c1-9-10(8-13-14(9)2)11(7-12)15-5-3-4-6-15/h8,11H,3-7,12H2,1-2H3. The predicted octanol–water partition coefficient (Wildman–Crippen LogP) is 0.824. The molecule has 84 valence electrons. The van der Waals surface area contributed by atoms with Crippen LogP contribution in [0.25, 0.3) is 0 Å². The van der Waals surface area contributed by atoms with Gasteiger partial charge in [0.15, 0.2) is 0 Å². The highest BCUT2D eigenvalue weighted by Gasteiger charge is 2.24. The van der Waals surface area contributed by atoms with Crippen LogP contribution in [0.1, 0.15) is 30.1 Å². The van der Waals surface area contributed by atoms with Crippen LogP contribution in [0.4, 0.5) is 0 Å². The second-order valence-corrected chi connectivity index (χ2v) is 4.30. The molecule has 15 heavy (non-hydrogen) atoms. The molecule has 2 N–H and O–H groups in total. The summed E-state index contributed by atoms with van der Waals surface area (Å²) in [5.41, 5.74) is 8.41. The van der Waals surface area contributed by atoms with E-state index in [1.807, 2.05) is 17.9 Å². The van der Waals surface area contributed by atoms with Crippen molar-refractivity contribution in [2.45, 2.75) is 25.8 Å². The second-order valence-electron chi connectivity index (χ2n) is 4.30. The van der Waals surface area contributed by atoms with Crippen molar-refractivity contribution in [1.82, 2.24) is 14.7 Å². The third-order valence-corrected chi connectivity index (χ3v) is 3.44. The molecule has 4 heteroatoms. The maximum atomic E-state index is 5.88. The number of aryl methyl sites for hydroxylation is 1. The van der Waals surface area contributed by atoms with Gasteiger partial charge in [0.25, 0.3) is 0 Å². The Hall–Kier alpha value is -0.870. The van der Waals surface area contributed by atoms with Gasteiger partial charge < -0.3 is 5.73 Å². The van der Waals surface area contributed by atoms with Gasteiger partial charge in [-0.05, 0) is 32.9 Å². The van der Waals surface area contributed by atoms with E-state index < -0.39 is 0 Å². The Balaban J connectivity index is 2.22. The van der Waals surface area contributed by atoms with E-state index in [1.165, 1.54) is 37.2 Å². The van der Waals surface area contributed by atoms with Crippen LogP contribution in [0.15, 0.2) is 6.20 Å². The molecule has 4 nitrogen and oxygen atoms in total. The summed E-state index contributed by atoms with van der Waals surface area (Å²) in [6.07, 6.45) is 4.57. The number of rotatable bonds is 3. The first-order chi connectivity index (χ1) is 7.24. The topological polar surface area (TPSA) is 47.1 Å².